The summed E-state index contributed by atoms with van der Waals surface area (Å²) in [5.74, 6) is 0. The monoisotopic (exact) mass is 406 g/mol. The van der Waals surface area contributed by atoms with E-state index in [1.165, 1.54) is 0 Å². The van der Waals surface area contributed by atoms with E-state index in [0.29, 0.717) is 13.0 Å². The molecule has 0 saturated carbocycles. The normalized spacial score (nSPS) is 31.4. The van der Waals surface area contributed by atoms with Crippen LogP contribution in [0.4, 0.5) is 13.2 Å². The van der Waals surface area contributed by atoms with E-state index in [4.69, 9.17) is 13.9 Å². The molecule has 0 aromatic carbocycles. The summed E-state index contributed by atoms with van der Waals surface area (Å²) in [6.07, 6.45) is -1.41. The summed E-state index contributed by atoms with van der Waals surface area (Å²) < 4.78 is 80.9. The van der Waals surface area contributed by atoms with Gasteiger partial charge in [-0.1, -0.05) is 20.8 Å². The Labute approximate surface area is 147 Å². The van der Waals surface area contributed by atoms with Crippen LogP contribution >= 0.6 is 0 Å². The van der Waals surface area contributed by atoms with Crippen molar-refractivity contribution in [2.24, 2.45) is 0 Å². The number of rotatable bonds is 6. The predicted molar refractivity (Wildman–Crippen MR) is 86.0 cm³/mol. The van der Waals surface area contributed by atoms with Crippen LogP contribution in [0.1, 0.15) is 27.2 Å². The molecule has 4 atom stereocenters. The fourth-order valence-electron chi connectivity index (χ4n) is 2.31. The Bertz CT molecular complexity index is 582. The summed E-state index contributed by atoms with van der Waals surface area (Å²) in [4.78, 5) is 0. The Morgan fingerprint density at radius 2 is 1.72 bits per heavy atom. The zero-order valence-electron chi connectivity index (χ0n) is 14.9. The molecule has 2 saturated heterocycles. The van der Waals surface area contributed by atoms with Crippen molar-refractivity contribution in [3.05, 3.63) is 0 Å². The Hall–Kier alpha value is -0.203. The fraction of sp³-hybridized carbons (Fsp3) is 1.00. The second-order valence-corrected chi connectivity index (χ2v) is 14.3. The average molecular weight is 406 g/mol. The van der Waals surface area contributed by atoms with Gasteiger partial charge in [0.1, 0.15) is 12.2 Å². The zero-order chi connectivity index (χ0) is 19.3. The summed E-state index contributed by atoms with van der Waals surface area (Å²) in [5.41, 5.74) is -5.46. The fourth-order valence-corrected chi connectivity index (χ4v) is 4.11. The summed E-state index contributed by atoms with van der Waals surface area (Å²) in [7, 11) is -7.87. The van der Waals surface area contributed by atoms with Gasteiger partial charge < -0.3 is 13.9 Å². The van der Waals surface area contributed by atoms with Crippen LogP contribution < -0.4 is 0 Å². The third-order valence-electron chi connectivity index (χ3n) is 4.93. The van der Waals surface area contributed by atoms with Crippen LogP contribution in [0.3, 0.4) is 0 Å². The van der Waals surface area contributed by atoms with Crippen LogP contribution in [0.5, 0.6) is 0 Å². The van der Waals surface area contributed by atoms with Crippen molar-refractivity contribution in [1.29, 1.82) is 0 Å². The Morgan fingerprint density at radius 1 is 1.16 bits per heavy atom. The third-order valence-corrected chi connectivity index (χ3v) is 10.4. The molecule has 0 aromatic rings. The SMILES string of the molecule is CC(C)(C)[Si](C)(C)O[C@H]1C[C@@H]([C@H]2CO2)O[C@@H]1COS(=O)(=O)C(F)(F)F. The van der Waals surface area contributed by atoms with E-state index in [1.54, 1.807) is 0 Å². The average Bonchev–Trinajstić information content (AvgIpc) is 3.17. The van der Waals surface area contributed by atoms with E-state index in [0.717, 1.165) is 0 Å². The largest absolute Gasteiger partial charge is 0.523 e. The molecule has 0 aromatic heterocycles. The maximum atomic E-state index is 12.4. The molecule has 0 spiro atoms. The van der Waals surface area contributed by atoms with E-state index in [1.807, 2.05) is 33.9 Å². The predicted octanol–water partition coefficient (Wildman–Crippen LogP) is 2.80. The van der Waals surface area contributed by atoms with Crippen LogP contribution in [0.2, 0.25) is 18.1 Å². The van der Waals surface area contributed by atoms with Crippen LogP contribution in [-0.4, -0.2) is 59.9 Å². The number of ether oxygens (including phenoxy) is 2. The summed E-state index contributed by atoms with van der Waals surface area (Å²) >= 11 is 0. The first kappa shape index (κ1) is 21.1. The summed E-state index contributed by atoms with van der Waals surface area (Å²) in [6, 6.07) is 0. The molecule has 0 amide bonds. The number of hydrogen-bond donors (Lipinski definition) is 0. The quantitative estimate of drug-likeness (QED) is 0.292. The first-order valence-corrected chi connectivity index (χ1v) is 12.4. The van der Waals surface area contributed by atoms with Crippen molar-refractivity contribution >= 4 is 18.4 Å². The molecule has 6 nitrogen and oxygen atoms in total. The molecule has 0 bridgehead atoms. The van der Waals surface area contributed by atoms with Crippen molar-refractivity contribution in [2.75, 3.05) is 13.2 Å². The minimum Gasteiger partial charge on any atom is -0.411 e. The van der Waals surface area contributed by atoms with Gasteiger partial charge in [0.15, 0.2) is 8.32 Å². The van der Waals surface area contributed by atoms with Gasteiger partial charge in [0.05, 0.1) is 25.4 Å². The highest BCUT2D eigenvalue weighted by atomic mass is 32.2. The molecule has 0 N–H and O–H groups in total. The second-order valence-electron chi connectivity index (χ2n) is 7.92. The Kier molecular flexibility index (Phi) is 5.70. The van der Waals surface area contributed by atoms with E-state index in [-0.39, 0.29) is 17.2 Å². The zero-order valence-corrected chi connectivity index (χ0v) is 16.7. The van der Waals surface area contributed by atoms with E-state index < -0.39 is 42.8 Å². The van der Waals surface area contributed by atoms with Gasteiger partial charge in [-0.05, 0) is 18.1 Å². The lowest BCUT2D eigenvalue weighted by Gasteiger charge is -2.39. The lowest BCUT2D eigenvalue weighted by Crippen LogP contribution is -2.47. The number of halogens is 3. The van der Waals surface area contributed by atoms with E-state index in [2.05, 4.69) is 4.18 Å². The second kappa shape index (κ2) is 6.75. The first-order valence-electron chi connectivity index (χ1n) is 8.05. The summed E-state index contributed by atoms with van der Waals surface area (Å²) in [6.45, 7) is 9.93. The highest BCUT2D eigenvalue weighted by molar-refractivity contribution is 7.87. The van der Waals surface area contributed by atoms with Gasteiger partial charge >= 0.3 is 15.6 Å². The molecule has 2 fully saturated rings. The van der Waals surface area contributed by atoms with Crippen molar-refractivity contribution in [2.45, 2.75) is 75.2 Å². The van der Waals surface area contributed by atoms with Gasteiger partial charge in [-0.25, -0.2) is 0 Å². The van der Waals surface area contributed by atoms with Gasteiger partial charge in [-0.15, -0.1) is 0 Å². The van der Waals surface area contributed by atoms with Gasteiger partial charge in [-0.2, -0.15) is 21.6 Å². The number of hydrogen-bond acceptors (Lipinski definition) is 6. The van der Waals surface area contributed by atoms with Gasteiger partial charge in [-0.3, -0.25) is 4.18 Å². The highest BCUT2D eigenvalue weighted by Gasteiger charge is 2.51. The van der Waals surface area contributed by atoms with Crippen LogP contribution in [0, 0.1) is 0 Å². The minimum absolute atomic E-state index is 0.107. The van der Waals surface area contributed by atoms with E-state index >= 15 is 0 Å². The number of epoxide rings is 1. The summed E-state index contributed by atoms with van der Waals surface area (Å²) in [5, 5.41) is -0.107. The highest BCUT2D eigenvalue weighted by Crippen LogP contribution is 2.41. The molecule has 11 heteroatoms. The molecule has 2 aliphatic heterocycles. The van der Waals surface area contributed by atoms with Crippen LogP contribution in [0.15, 0.2) is 0 Å². The van der Waals surface area contributed by atoms with Gasteiger partial charge in [0.25, 0.3) is 0 Å². The third kappa shape index (κ3) is 4.95. The van der Waals surface area contributed by atoms with Crippen molar-refractivity contribution in [3.63, 3.8) is 0 Å². The maximum Gasteiger partial charge on any atom is 0.523 e. The Morgan fingerprint density at radius 3 is 2.16 bits per heavy atom. The minimum atomic E-state index is -5.66. The lowest BCUT2D eigenvalue weighted by molar-refractivity contribution is -0.0625. The molecule has 2 rings (SSSR count). The van der Waals surface area contributed by atoms with Gasteiger partial charge in [0.2, 0.25) is 0 Å². The molecular formula is C14H25F3O6SSi. The molecule has 2 heterocycles. The van der Waals surface area contributed by atoms with Crippen molar-refractivity contribution < 1.29 is 39.7 Å². The molecule has 0 aliphatic carbocycles. The number of alkyl halides is 3. The molecule has 2 aliphatic rings. The molecule has 0 radical (unpaired) electrons. The molecule has 0 unspecified atom stereocenters. The standard InChI is InChI=1S/C14H25F3O6SSi/c1-13(2,3)25(4,5)23-10-6-9(11-7-20-11)22-12(10)8-21-24(18,19)14(15,16)17/h9-12H,6-8H2,1-5H3/t9-,10-,11+,12+/m0/s1. The molecule has 25 heavy (non-hydrogen) atoms. The topological polar surface area (TPSA) is 74.4 Å². The van der Waals surface area contributed by atoms with Crippen LogP contribution in [0.25, 0.3) is 0 Å². The molecule has 148 valence electrons. The lowest BCUT2D eigenvalue weighted by atomic mass is 10.1. The maximum absolute atomic E-state index is 12.4. The Balaban J connectivity index is 2.07. The molecular weight excluding hydrogens is 381 g/mol. The van der Waals surface area contributed by atoms with Crippen LogP contribution in [-0.2, 0) is 28.2 Å². The first-order chi connectivity index (χ1) is 11.1. The van der Waals surface area contributed by atoms with Crippen molar-refractivity contribution in [3.8, 4) is 0 Å². The van der Waals surface area contributed by atoms with Crippen molar-refractivity contribution in [1.82, 2.24) is 0 Å². The van der Waals surface area contributed by atoms with E-state index in [9.17, 15) is 21.6 Å². The smallest absolute Gasteiger partial charge is 0.411 e. The van der Waals surface area contributed by atoms with Gasteiger partial charge in [0, 0.05) is 6.42 Å².